The van der Waals surface area contributed by atoms with Crippen molar-refractivity contribution in [1.29, 1.82) is 0 Å². The summed E-state index contributed by atoms with van der Waals surface area (Å²) in [6.07, 6.45) is 5.06. The highest BCUT2D eigenvalue weighted by Gasteiger charge is 2.30. The summed E-state index contributed by atoms with van der Waals surface area (Å²) >= 11 is 0. The molecule has 0 aliphatic carbocycles. The predicted octanol–water partition coefficient (Wildman–Crippen LogP) is 3.38. The maximum atomic E-state index is 13.4. The number of nitrogens with one attached hydrogen (secondary N) is 1. The number of hydrogen-bond donors (Lipinski definition) is 1. The molecule has 0 saturated heterocycles. The van der Waals surface area contributed by atoms with Crippen LogP contribution in [-0.4, -0.2) is 20.7 Å². The van der Waals surface area contributed by atoms with Crippen LogP contribution in [0, 0.1) is 5.82 Å². The van der Waals surface area contributed by atoms with Gasteiger partial charge in [-0.3, -0.25) is 14.5 Å². The molecule has 0 spiro atoms. The van der Waals surface area contributed by atoms with Crippen LogP contribution in [0.25, 0.3) is 0 Å². The summed E-state index contributed by atoms with van der Waals surface area (Å²) in [5, 5.41) is 7.08. The van der Waals surface area contributed by atoms with Crippen molar-refractivity contribution in [2.24, 2.45) is 0 Å². The van der Waals surface area contributed by atoms with Gasteiger partial charge in [-0.15, -0.1) is 0 Å². The summed E-state index contributed by atoms with van der Waals surface area (Å²) in [6, 6.07) is 11.8. The Kier molecular flexibility index (Phi) is 4.61. The Balaban J connectivity index is 1.71. The van der Waals surface area contributed by atoms with E-state index in [0.717, 1.165) is 5.69 Å². The molecule has 2 heterocycles. The Labute approximate surface area is 145 Å². The quantitative estimate of drug-likeness (QED) is 0.776. The molecule has 25 heavy (non-hydrogen) atoms. The lowest BCUT2D eigenvalue weighted by molar-refractivity contribution is -0.120. The van der Waals surface area contributed by atoms with E-state index >= 15 is 0 Å². The summed E-state index contributed by atoms with van der Waals surface area (Å²) < 4.78 is 15.1. The molecule has 0 aliphatic heterocycles. The summed E-state index contributed by atoms with van der Waals surface area (Å²) in [5.41, 5.74) is 1.21. The lowest BCUT2D eigenvalue weighted by Crippen LogP contribution is -2.34. The molecule has 1 amide bonds. The van der Waals surface area contributed by atoms with Gasteiger partial charge in [-0.25, -0.2) is 4.39 Å². The number of rotatable bonds is 5. The molecular formula is C19H19FN4O. The van der Waals surface area contributed by atoms with Gasteiger partial charge in [0.05, 0.1) is 29.5 Å². The first-order valence-corrected chi connectivity index (χ1v) is 7.95. The maximum absolute atomic E-state index is 13.4. The minimum absolute atomic E-state index is 0.226. The zero-order chi connectivity index (χ0) is 17.9. The van der Waals surface area contributed by atoms with Gasteiger partial charge >= 0.3 is 0 Å². The standard InChI is InChI=1S/C19H19FN4O/c1-19(2,14-6-5-7-15(20)10-14)18(25)23-17-11-22-24(13-17)12-16-8-3-4-9-21-16/h3-11,13H,12H2,1-2H3,(H,23,25). The summed E-state index contributed by atoms with van der Waals surface area (Å²) in [4.78, 5) is 16.9. The van der Waals surface area contributed by atoms with E-state index in [1.54, 1.807) is 49.3 Å². The van der Waals surface area contributed by atoms with Gasteiger partial charge in [0, 0.05) is 12.4 Å². The first-order valence-electron chi connectivity index (χ1n) is 7.95. The number of aromatic nitrogens is 3. The smallest absolute Gasteiger partial charge is 0.234 e. The number of amides is 1. The predicted molar refractivity (Wildman–Crippen MR) is 93.6 cm³/mol. The lowest BCUT2D eigenvalue weighted by atomic mass is 9.83. The molecule has 5 nitrogen and oxygen atoms in total. The number of nitrogens with zero attached hydrogens (tertiary/aromatic N) is 3. The molecule has 1 N–H and O–H groups in total. The van der Waals surface area contributed by atoms with E-state index in [0.29, 0.717) is 17.8 Å². The number of carbonyl (C=O) groups excluding carboxylic acids is 1. The van der Waals surface area contributed by atoms with Crippen LogP contribution in [0.4, 0.5) is 10.1 Å². The minimum Gasteiger partial charge on any atom is -0.323 e. The van der Waals surface area contributed by atoms with Gasteiger partial charge in [-0.2, -0.15) is 5.10 Å². The highest BCUT2D eigenvalue weighted by Crippen LogP contribution is 2.25. The van der Waals surface area contributed by atoms with E-state index in [4.69, 9.17) is 0 Å². The highest BCUT2D eigenvalue weighted by atomic mass is 19.1. The number of hydrogen-bond acceptors (Lipinski definition) is 3. The van der Waals surface area contributed by atoms with Crippen molar-refractivity contribution in [3.63, 3.8) is 0 Å². The van der Waals surface area contributed by atoms with Crippen LogP contribution in [0.5, 0.6) is 0 Å². The van der Waals surface area contributed by atoms with Crippen molar-refractivity contribution >= 4 is 11.6 Å². The van der Waals surface area contributed by atoms with Crippen LogP contribution < -0.4 is 5.32 Å². The third-order valence-electron chi connectivity index (χ3n) is 4.06. The number of carbonyl (C=O) groups is 1. The van der Waals surface area contributed by atoms with Crippen molar-refractivity contribution in [3.05, 3.63) is 78.1 Å². The second-order valence-corrected chi connectivity index (χ2v) is 6.34. The van der Waals surface area contributed by atoms with E-state index in [9.17, 15) is 9.18 Å². The minimum atomic E-state index is -0.870. The molecule has 0 atom stereocenters. The Hall–Kier alpha value is -3.02. The summed E-state index contributed by atoms with van der Waals surface area (Å²) in [7, 11) is 0. The van der Waals surface area contributed by atoms with E-state index in [1.807, 2.05) is 18.2 Å². The van der Waals surface area contributed by atoms with E-state index < -0.39 is 5.41 Å². The fourth-order valence-electron chi connectivity index (χ4n) is 2.47. The topological polar surface area (TPSA) is 59.8 Å². The largest absolute Gasteiger partial charge is 0.323 e. The SMILES string of the molecule is CC(C)(C(=O)Nc1cnn(Cc2ccccn2)c1)c1cccc(F)c1. The molecule has 0 radical (unpaired) electrons. The first-order chi connectivity index (χ1) is 11.9. The highest BCUT2D eigenvalue weighted by molar-refractivity contribution is 5.98. The molecule has 0 saturated carbocycles. The Bertz CT molecular complexity index is 874. The molecule has 128 valence electrons. The van der Waals surface area contributed by atoms with Crippen LogP contribution in [-0.2, 0) is 16.8 Å². The van der Waals surface area contributed by atoms with Gasteiger partial charge in [-0.05, 0) is 43.7 Å². The van der Waals surface area contributed by atoms with Gasteiger partial charge in [0.25, 0.3) is 0 Å². The van der Waals surface area contributed by atoms with Crippen LogP contribution in [0.15, 0.2) is 61.1 Å². The molecule has 0 aliphatic rings. The molecule has 3 aromatic rings. The fraction of sp³-hybridized carbons (Fsp3) is 0.211. The van der Waals surface area contributed by atoms with Crippen LogP contribution in [0.1, 0.15) is 25.1 Å². The molecule has 0 fully saturated rings. The fourth-order valence-corrected chi connectivity index (χ4v) is 2.47. The van der Waals surface area contributed by atoms with Crippen molar-refractivity contribution in [2.45, 2.75) is 25.8 Å². The van der Waals surface area contributed by atoms with Crippen molar-refractivity contribution in [1.82, 2.24) is 14.8 Å². The second-order valence-electron chi connectivity index (χ2n) is 6.34. The number of benzene rings is 1. The van der Waals surface area contributed by atoms with Gasteiger partial charge in [0.15, 0.2) is 0 Å². The van der Waals surface area contributed by atoms with Gasteiger partial charge < -0.3 is 5.32 Å². The monoisotopic (exact) mass is 338 g/mol. The van der Waals surface area contributed by atoms with Gasteiger partial charge in [0.1, 0.15) is 5.82 Å². The molecule has 0 bridgehead atoms. The second kappa shape index (κ2) is 6.84. The number of anilines is 1. The van der Waals surface area contributed by atoms with E-state index in [2.05, 4.69) is 15.4 Å². The number of pyridine rings is 1. The summed E-state index contributed by atoms with van der Waals surface area (Å²) in [6.45, 7) is 4.04. The average molecular weight is 338 g/mol. The summed E-state index contributed by atoms with van der Waals surface area (Å²) in [5.74, 6) is -0.586. The Morgan fingerprint density at radius 3 is 2.80 bits per heavy atom. The van der Waals surface area contributed by atoms with Crippen molar-refractivity contribution in [2.75, 3.05) is 5.32 Å². The molecule has 6 heteroatoms. The Morgan fingerprint density at radius 1 is 1.24 bits per heavy atom. The zero-order valence-corrected chi connectivity index (χ0v) is 14.1. The van der Waals surface area contributed by atoms with Crippen LogP contribution >= 0.6 is 0 Å². The van der Waals surface area contributed by atoms with Gasteiger partial charge in [-0.1, -0.05) is 18.2 Å². The molecule has 1 aromatic carbocycles. The molecular weight excluding hydrogens is 319 g/mol. The molecule has 2 aromatic heterocycles. The van der Waals surface area contributed by atoms with Crippen LogP contribution in [0.2, 0.25) is 0 Å². The zero-order valence-electron chi connectivity index (χ0n) is 14.1. The number of halogens is 1. The Morgan fingerprint density at radius 2 is 2.08 bits per heavy atom. The first kappa shape index (κ1) is 16.8. The van der Waals surface area contributed by atoms with Crippen molar-refractivity contribution in [3.8, 4) is 0 Å². The van der Waals surface area contributed by atoms with E-state index in [-0.39, 0.29) is 11.7 Å². The maximum Gasteiger partial charge on any atom is 0.234 e. The van der Waals surface area contributed by atoms with Crippen LogP contribution in [0.3, 0.4) is 0 Å². The normalized spacial score (nSPS) is 11.3. The van der Waals surface area contributed by atoms with E-state index in [1.165, 1.54) is 12.1 Å². The van der Waals surface area contributed by atoms with Crippen molar-refractivity contribution < 1.29 is 9.18 Å². The average Bonchev–Trinajstić information content (AvgIpc) is 3.02. The molecule has 3 rings (SSSR count). The molecule has 0 unspecified atom stereocenters. The lowest BCUT2D eigenvalue weighted by Gasteiger charge is -2.23. The van der Waals surface area contributed by atoms with Gasteiger partial charge in [0.2, 0.25) is 5.91 Å². The third-order valence-corrected chi connectivity index (χ3v) is 4.06. The third kappa shape index (κ3) is 3.91.